The normalized spacial score (nSPS) is 20.4. The van der Waals surface area contributed by atoms with E-state index in [1.165, 1.54) is 12.1 Å². The van der Waals surface area contributed by atoms with Gasteiger partial charge in [-0.25, -0.2) is 0 Å². The minimum absolute atomic E-state index is 0.248. The molecule has 0 spiro atoms. The Labute approximate surface area is 158 Å². The van der Waals surface area contributed by atoms with Crippen molar-refractivity contribution >= 4 is 13.0 Å². The second-order valence-electron chi connectivity index (χ2n) is 8.95. The van der Waals surface area contributed by atoms with Crippen molar-refractivity contribution in [3.63, 3.8) is 0 Å². The molecule has 1 aliphatic heterocycles. The zero-order chi connectivity index (χ0) is 20.8. The fourth-order valence-corrected chi connectivity index (χ4v) is 2.57. The van der Waals surface area contributed by atoms with Crippen molar-refractivity contribution in [2.75, 3.05) is 0 Å². The van der Waals surface area contributed by atoms with Gasteiger partial charge >= 0.3 is 13.3 Å². The molecule has 0 radical (unpaired) electrons. The molecule has 1 aliphatic rings. The second kappa shape index (κ2) is 6.81. The van der Waals surface area contributed by atoms with Crippen molar-refractivity contribution in [3.8, 4) is 0 Å². The van der Waals surface area contributed by atoms with Crippen LogP contribution in [0.25, 0.3) is 0 Å². The van der Waals surface area contributed by atoms with Crippen LogP contribution in [-0.4, -0.2) is 24.2 Å². The topological polar surface area (TPSA) is 47.6 Å². The standard InChI is InChI=1S/C19H27BF3NO3/c1-16(2,3)15(25)24-14(20-26-17(4,5)18(6,7)27-20)12-8-10-13(11-9-12)19(21,22)23/h8-11,14H,1-7H3,(H,24,25)/t14-/m0/s1. The summed E-state index contributed by atoms with van der Waals surface area (Å²) in [5, 5.41) is 2.88. The summed E-state index contributed by atoms with van der Waals surface area (Å²) in [6, 6.07) is 4.69. The average Bonchev–Trinajstić information content (AvgIpc) is 2.70. The Hall–Kier alpha value is -1.54. The maximum atomic E-state index is 12.9. The fourth-order valence-electron chi connectivity index (χ4n) is 2.57. The van der Waals surface area contributed by atoms with Crippen LogP contribution in [0, 0.1) is 5.41 Å². The highest BCUT2D eigenvalue weighted by molar-refractivity contribution is 6.47. The molecule has 1 saturated heterocycles. The number of alkyl halides is 3. The molecular formula is C19H27BF3NO3. The van der Waals surface area contributed by atoms with E-state index in [1.54, 1.807) is 20.8 Å². The van der Waals surface area contributed by atoms with Gasteiger partial charge in [-0.2, -0.15) is 13.2 Å². The molecule has 1 N–H and O–H groups in total. The van der Waals surface area contributed by atoms with Crippen LogP contribution in [0.3, 0.4) is 0 Å². The van der Waals surface area contributed by atoms with Gasteiger partial charge < -0.3 is 14.6 Å². The van der Waals surface area contributed by atoms with Crippen LogP contribution in [0.2, 0.25) is 0 Å². The molecule has 0 bridgehead atoms. The van der Waals surface area contributed by atoms with E-state index in [1.807, 2.05) is 27.7 Å². The Morgan fingerprint density at radius 1 is 1.00 bits per heavy atom. The Kier molecular flexibility index (Phi) is 5.49. The lowest BCUT2D eigenvalue weighted by atomic mass is 9.73. The monoisotopic (exact) mass is 385 g/mol. The zero-order valence-corrected chi connectivity index (χ0v) is 16.8. The molecule has 0 aliphatic carbocycles. The van der Waals surface area contributed by atoms with Gasteiger partial charge in [0.05, 0.1) is 22.7 Å². The van der Waals surface area contributed by atoms with E-state index in [2.05, 4.69) is 5.32 Å². The summed E-state index contributed by atoms with van der Waals surface area (Å²) in [7, 11) is -0.821. The van der Waals surface area contributed by atoms with E-state index in [9.17, 15) is 18.0 Å². The van der Waals surface area contributed by atoms with Crippen LogP contribution in [0.1, 0.15) is 65.5 Å². The van der Waals surface area contributed by atoms with Crippen LogP contribution in [0.15, 0.2) is 24.3 Å². The van der Waals surface area contributed by atoms with Crippen molar-refractivity contribution in [1.82, 2.24) is 5.32 Å². The zero-order valence-electron chi connectivity index (χ0n) is 16.8. The molecule has 0 saturated carbocycles. The van der Waals surface area contributed by atoms with E-state index < -0.39 is 41.4 Å². The van der Waals surface area contributed by atoms with Crippen LogP contribution >= 0.6 is 0 Å². The summed E-state index contributed by atoms with van der Waals surface area (Å²) < 4.78 is 50.7. The SMILES string of the molecule is CC(C)(C)C(=O)N[C@H](B1OC(C)(C)C(C)(C)O1)c1ccc(C(F)(F)F)cc1. The van der Waals surface area contributed by atoms with Crippen molar-refractivity contribution in [2.45, 2.75) is 71.8 Å². The quantitative estimate of drug-likeness (QED) is 0.778. The lowest BCUT2D eigenvalue weighted by Gasteiger charge is -2.32. The number of halogens is 3. The molecule has 150 valence electrons. The van der Waals surface area contributed by atoms with Gasteiger partial charge in [-0.15, -0.1) is 0 Å². The van der Waals surface area contributed by atoms with Crippen LogP contribution in [-0.2, 0) is 20.3 Å². The van der Waals surface area contributed by atoms with Crippen molar-refractivity contribution in [1.29, 1.82) is 0 Å². The minimum atomic E-state index is -4.42. The van der Waals surface area contributed by atoms with E-state index in [0.29, 0.717) is 5.56 Å². The van der Waals surface area contributed by atoms with Crippen molar-refractivity contribution in [2.24, 2.45) is 5.41 Å². The lowest BCUT2D eigenvalue weighted by molar-refractivity contribution is -0.137. The number of benzene rings is 1. The third-order valence-electron chi connectivity index (χ3n) is 5.11. The van der Waals surface area contributed by atoms with Crippen LogP contribution in [0.4, 0.5) is 13.2 Å². The van der Waals surface area contributed by atoms with Gasteiger partial charge in [0, 0.05) is 5.41 Å². The number of hydrogen-bond donors (Lipinski definition) is 1. The van der Waals surface area contributed by atoms with Gasteiger partial charge in [-0.3, -0.25) is 4.79 Å². The van der Waals surface area contributed by atoms with Gasteiger partial charge in [0.1, 0.15) is 0 Å². The third kappa shape index (κ3) is 4.66. The van der Waals surface area contributed by atoms with Crippen LogP contribution in [0.5, 0.6) is 0 Å². The predicted octanol–water partition coefficient (Wildman–Crippen LogP) is 4.54. The maximum Gasteiger partial charge on any atom is 0.486 e. The predicted molar refractivity (Wildman–Crippen MR) is 97.9 cm³/mol. The molecule has 1 heterocycles. The summed E-state index contributed by atoms with van der Waals surface area (Å²) in [6.07, 6.45) is -4.42. The second-order valence-corrected chi connectivity index (χ2v) is 8.95. The first kappa shape index (κ1) is 21.8. The molecule has 1 atom stereocenters. The number of hydrogen-bond acceptors (Lipinski definition) is 3. The van der Waals surface area contributed by atoms with Crippen molar-refractivity contribution < 1.29 is 27.3 Å². The van der Waals surface area contributed by atoms with E-state index >= 15 is 0 Å². The highest BCUT2D eigenvalue weighted by Crippen LogP contribution is 2.40. The highest BCUT2D eigenvalue weighted by atomic mass is 19.4. The Morgan fingerprint density at radius 3 is 1.81 bits per heavy atom. The summed E-state index contributed by atoms with van der Waals surface area (Å²) in [5.41, 5.74) is -2.20. The maximum absolute atomic E-state index is 12.9. The number of nitrogens with one attached hydrogen (secondary N) is 1. The van der Waals surface area contributed by atoms with Crippen molar-refractivity contribution in [3.05, 3.63) is 35.4 Å². The number of carbonyl (C=O) groups is 1. The molecule has 4 nitrogen and oxygen atoms in total. The molecule has 0 unspecified atom stereocenters. The van der Waals surface area contributed by atoms with E-state index in [0.717, 1.165) is 12.1 Å². The smallest absolute Gasteiger partial charge is 0.402 e. The van der Waals surface area contributed by atoms with Gasteiger partial charge in [-0.05, 0) is 45.4 Å². The molecule has 27 heavy (non-hydrogen) atoms. The van der Waals surface area contributed by atoms with Gasteiger partial charge in [-0.1, -0.05) is 32.9 Å². The van der Waals surface area contributed by atoms with Crippen LogP contribution < -0.4 is 5.32 Å². The van der Waals surface area contributed by atoms with Gasteiger partial charge in [0.25, 0.3) is 0 Å². The first-order valence-corrected chi connectivity index (χ1v) is 8.88. The summed E-state index contributed by atoms with van der Waals surface area (Å²) in [6.45, 7) is 12.8. The summed E-state index contributed by atoms with van der Waals surface area (Å²) >= 11 is 0. The molecular weight excluding hydrogens is 358 g/mol. The van der Waals surface area contributed by atoms with Gasteiger partial charge in [0.2, 0.25) is 5.91 Å². The number of rotatable bonds is 3. The molecule has 0 aromatic heterocycles. The van der Waals surface area contributed by atoms with E-state index in [4.69, 9.17) is 9.31 Å². The Balaban J connectivity index is 2.38. The van der Waals surface area contributed by atoms with E-state index in [-0.39, 0.29) is 5.91 Å². The molecule has 8 heteroatoms. The first-order valence-electron chi connectivity index (χ1n) is 8.88. The highest BCUT2D eigenvalue weighted by Gasteiger charge is 2.54. The van der Waals surface area contributed by atoms with Gasteiger partial charge in [0.15, 0.2) is 0 Å². The first-order chi connectivity index (χ1) is 12.0. The molecule has 1 fully saturated rings. The number of carbonyl (C=O) groups excluding carboxylic acids is 1. The Morgan fingerprint density at radius 2 is 1.44 bits per heavy atom. The fraction of sp³-hybridized carbons (Fsp3) is 0.632. The minimum Gasteiger partial charge on any atom is -0.402 e. The molecule has 1 aromatic carbocycles. The molecule has 2 rings (SSSR count). The third-order valence-corrected chi connectivity index (χ3v) is 5.11. The lowest BCUT2D eigenvalue weighted by Crippen LogP contribution is -2.45. The molecule has 1 aromatic rings. The Bertz CT molecular complexity index is 678. The summed E-state index contributed by atoms with van der Waals surface area (Å²) in [4.78, 5) is 12.6. The molecule has 1 amide bonds. The number of amides is 1. The summed E-state index contributed by atoms with van der Waals surface area (Å²) in [5.74, 6) is -0.984. The largest absolute Gasteiger partial charge is 0.486 e. The average molecular weight is 385 g/mol.